The molecule has 0 radical (unpaired) electrons. The Labute approximate surface area is 320 Å². The van der Waals surface area contributed by atoms with Crippen molar-refractivity contribution in [1.82, 2.24) is 26.6 Å². The van der Waals surface area contributed by atoms with Crippen molar-refractivity contribution in [2.45, 2.75) is 116 Å². The molecule has 0 saturated carbocycles. The van der Waals surface area contributed by atoms with Crippen LogP contribution in [0.1, 0.15) is 65.5 Å². The SMILES string of the molecule is CC(C)C[C@H](NC(=O)[C@H](Cc1ccc(O)cc1)NC(=O)[C@@H](NC(=O)[C@@H](NC(=O)[C@H](Cc1ccc(O)cc1)NC(=O)[C@@H](N)CC(C)C)[C@@H](C)O)[C@@H](C)O)C(=O)O. The van der Waals surface area contributed by atoms with E-state index in [1.54, 1.807) is 13.8 Å². The summed E-state index contributed by atoms with van der Waals surface area (Å²) >= 11 is 0. The summed E-state index contributed by atoms with van der Waals surface area (Å²) in [4.78, 5) is 79.2. The number of carbonyl (C=O) groups is 6. The fourth-order valence-electron chi connectivity index (χ4n) is 5.58. The number of phenols is 2. The van der Waals surface area contributed by atoms with Crippen LogP contribution in [0.25, 0.3) is 0 Å². The van der Waals surface area contributed by atoms with Gasteiger partial charge >= 0.3 is 5.97 Å². The molecule has 0 fully saturated rings. The number of nitrogens with one attached hydrogen (secondary N) is 5. The number of aliphatic hydroxyl groups excluding tert-OH is 2. The van der Waals surface area contributed by atoms with E-state index in [0.29, 0.717) is 17.5 Å². The fourth-order valence-corrected chi connectivity index (χ4v) is 5.58. The van der Waals surface area contributed by atoms with Crippen molar-refractivity contribution in [2.75, 3.05) is 0 Å². The Morgan fingerprint density at radius 3 is 1.25 bits per heavy atom. The van der Waals surface area contributed by atoms with Crippen LogP contribution in [-0.4, -0.2) is 109 Å². The maximum absolute atomic E-state index is 13.6. The van der Waals surface area contributed by atoms with E-state index in [1.165, 1.54) is 62.4 Å². The summed E-state index contributed by atoms with van der Waals surface area (Å²) in [7, 11) is 0. The van der Waals surface area contributed by atoms with Gasteiger partial charge in [-0.05, 0) is 73.9 Å². The van der Waals surface area contributed by atoms with Crippen molar-refractivity contribution in [3.8, 4) is 11.5 Å². The third kappa shape index (κ3) is 15.6. The van der Waals surface area contributed by atoms with E-state index in [-0.39, 0.29) is 42.6 Å². The highest BCUT2D eigenvalue weighted by Crippen LogP contribution is 2.15. The van der Waals surface area contributed by atoms with Crippen molar-refractivity contribution in [3.05, 3.63) is 59.7 Å². The van der Waals surface area contributed by atoms with Crippen LogP contribution in [0.5, 0.6) is 11.5 Å². The molecule has 0 aliphatic heterocycles. The Morgan fingerprint density at radius 2 is 0.873 bits per heavy atom. The zero-order valence-electron chi connectivity index (χ0n) is 32.0. The van der Waals surface area contributed by atoms with E-state index in [2.05, 4.69) is 26.6 Å². The molecule has 304 valence electrons. The molecular weight excluding hydrogens is 716 g/mol. The highest BCUT2D eigenvalue weighted by atomic mass is 16.4. The van der Waals surface area contributed by atoms with E-state index >= 15 is 0 Å². The van der Waals surface area contributed by atoms with Gasteiger partial charge in [0.15, 0.2) is 0 Å². The molecule has 12 N–H and O–H groups in total. The van der Waals surface area contributed by atoms with Crippen molar-refractivity contribution in [2.24, 2.45) is 17.6 Å². The molecule has 55 heavy (non-hydrogen) atoms. The molecule has 5 amide bonds. The van der Waals surface area contributed by atoms with Crippen LogP contribution in [0.4, 0.5) is 0 Å². The van der Waals surface area contributed by atoms with Crippen LogP contribution < -0.4 is 32.3 Å². The van der Waals surface area contributed by atoms with E-state index in [9.17, 15) is 54.3 Å². The Kier molecular flexibility index (Phi) is 18.0. The van der Waals surface area contributed by atoms with E-state index < -0.39 is 84.0 Å². The van der Waals surface area contributed by atoms with Gasteiger partial charge in [-0.25, -0.2) is 4.79 Å². The first-order valence-corrected chi connectivity index (χ1v) is 18.1. The summed E-state index contributed by atoms with van der Waals surface area (Å²) in [6, 6.07) is 3.11. The molecule has 2 aromatic carbocycles. The second-order valence-electron chi connectivity index (χ2n) is 14.6. The van der Waals surface area contributed by atoms with E-state index in [0.717, 1.165) is 0 Å². The molecule has 2 rings (SSSR count). The summed E-state index contributed by atoms with van der Waals surface area (Å²) in [6.45, 7) is 9.66. The van der Waals surface area contributed by atoms with Crippen molar-refractivity contribution < 1.29 is 54.3 Å². The zero-order chi connectivity index (χ0) is 41.6. The Hall–Kier alpha value is -5.26. The number of amides is 5. The molecule has 0 saturated heterocycles. The predicted octanol–water partition coefficient (Wildman–Crippen LogP) is -0.427. The van der Waals surface area contributed by atoms with Crippen LogP contribution in [0.15, 0.2) is 48.5 Å². The minimum atomic E-state index is -1.74. The Bertz CT molecular complexity index is 1600. The van der Waals surface area contributed by atoms with Gasteiger partial charge in [0.05, 0.1) is 18.2 Å². The van der Waals surface area contributed by atoms with Gasteiger partial charge in [0.1, 0.15) is 41.7 Å². The summed E-state index contributed by atoms with van der Waals surface area (Å²) < 4.78 is 0. The van der Waals surface area contributed by atoms with Crippen LogP contribution in [0.3, 0.4) is 0 Å². The fraction of sp³-hybridized carbons (Fsp3) is 0.526. The average molecular weight is 773 g/mol. The van der Waals surface area contributed by atoms with Gasteiger partial charge in [-0.2, -0.15) is 0 Å². The number of carboxylic acid groups (broad SMARTS) is 1. The maximum Gasteiger partial charge on any atom is 0.326 e. The first-order valence-electron chi connectivity index (χ1n) is 18.1. The number of phenolic OH excluding ortho intramolecular Hbond substituents is 2. The van der Waals surface area contributed by atoms with E-state index in [4.69, 9.17) is 5.73 Å². The molecule has 0 bridgehead atoms. The van der Waals surface area contributed by atoms with Gasteiger partial charge in [-0.15, -0.1) is 0 Å². The van der Waals surface area contributed by atoms with Crippen LogP contribution in [0, 0.1) is 11.8 Å². The van der Waals surface area contributed by atoms with Gasteiger partial charge < -0.3 is 57.9 Å². The number of benzene rings is 2. The van der Waals surface area contributed by atoms with Crippen LogP contribution in [0.2, 0.25) is 0 Å². The van der Waals surface area contributed by atoms with Gasteiger partial charge in [0, 0.05) is 12.8 Å². The highest BCUT2D eigenvalue weighted by Gasteiger charge is 2.36. The molecule has 0 aliphatic carbocycles. The van der Waals surface area contributed by atoms with Gasteiger partial charge in [-0.1, -0.05) is 52.0 Å². The molecule has 17 heteroatoms. The molecule has 17 nitrogen and oxygen atoms in total. The third-order valence-electron chi connectivity index (χ3n) is 8.53. The normalized spacial score (nSPS) is 15.7. The van der Waals surface area contributed by atoms with E-state index in [1.807, 2.05) is 13.8 Å². The Balaban J connectivity index is 2.33. The monoisotopic (exact) mass is 772 g/mol. The van der Waals surface area contributed by atoms with Crippen LogP contribution in [-0.2, 0) is 41.6 Å². The van der Waals surface area contributed by atoms with Crippen LogP contribution >= 0.6 is 0 Å². The number of aliphatic carboxylic acids is 1. The number of aliphatic hydroxyl groups is 2. The molecule has 0 aliphatic rings. The predicted molar refractivity (Wildman–Crippen MR) is 201 cm³/mol. The molecular formula is C38H56N6O11. The van der Waals surface area contributed by atoms with Gasteiger partial charge in [0.2, 0.25) is 29.5 Å². The summed E-state index contributed by atoms with van der Waals surface area (Å²) in [5.74, 6) is -5.96. The number of aromatic hydroxyl groups is 2. The van der Waals surface area contributed by atoms with Crippen molar-refractivity contribution in [1.29, 1.82) is 0 Å². The van der Waals surface area contributed by atoms with Crippen molar-refractivity contribution >= 4 is 35.5 Å². The highest BCUT2D eigenvalue weighted by molar-refractivity contribution is 5.97. The summed E-state index contributed by atoms with van der Waals surface area (Å²) in [6.07, 6.45) is -3.00. The molecule has 0 spiro atoms. The molecule has 0 unspecified atom stereocenters. The summed E-state index contributed by atoms with van der Waals surface area (Å²) in [5.41, 5.74) is 7.05. The molecule has 0 aromatic heterocycles. The smallest absolute Gasteiger partial charge is 0.326 e. The molecule has 8 atom stereocenters. The lowest BCUT2D eigenvalue weighted by Crippen LogP contribution is -2.63. The first kappa shape index (κ1) is 45.9. The minimum Gasteiger partial charge on any atom is -0.508 e. The molecule has 0 heterocycles. The number of rotatable bonds is 21. The number of nitrogens with two attached hydrogens (primary N) is 1. The maximum atomic E-state index is 13.6. The number of carbonyl (C=O) groups excluding carboxylic acids is 5. The lowest BCUT2D eigenvalue weighted by atomic mass is 10.0. The summed E-state index contributed by atoms with van der Waals surface area (Å²) in [5, 5.41) is 62.5. The third-order valence-corrected chi connectivity index (χ3v) is 8.53. The van der Waals surface area contributed by atoms with Crippen molar-refractivity contribution in [3.63, 3.8) is 0 Å². The van der Waals surface area contributed by atoms with Gasteiger partial charge in [-0.3, -0.25) is 24.0 Å². The Morgan fingerprint density at radius 1 is 0.527 bits per heavy atom. The molecule has 2 aromatic rings. The average Bonchev–Trinajstić information content (AvgIpc) is 3.09. The number of carboxylic acids is 1. The zero-order valence-corrected chi connectivity index (χ0v) is 32.0. The largest absolute Gasteiger partial charge is 0.508 e. The lowest BCUT2D eigenvalue weighted by Gasteiger charge is -2.29. The minimum absolute atomic E-state index is 0.0295. The topological polar surface area (TPSA) is 290 Å². The number of hydrogen-bond donors (Lipinski definition) is 11. The first-order chi connectivity index (χ1) is 25.7. The second-order valence-corrected chi connectivity index (χ2v) is 14.6. The lowest BCUT2D eigenvalue weighted by molar-refractivity contribution is -0.143. The standard InChI is InChI=1S/C38H56N6O11/c1-19(2)15-27(39)33(49)40-29(18-24-9-13-26(48)14-10-24)35(51)43-32(22(6)46)37(53)44-31(21(5)45)36(52)41-28(17-23-7-11-25(47)12-8-23)34(50)42-30(38(54)55)16-20(3)4/h7-14,19-22,27-32,45-48H,15-18,39H2,1-6H3,(H,40,49)(H,41,52)(H,42,50)(H,43,51)(H,44,53)(H,54,55)/t21-,22-,27+,28+,29+,30+,31+,32+/m1/s1. The van der Waals surface area contributed by atoms with Gasteiger partial charge in [0.25, 0.3) is 0 Å². The quantitative estimate of drug-likeness (QED) is 0.0771. The number of hydrogen-bond acceptors (Lipinski definition) is 11. The second kappa shape index (κ2) is 21.6.